The van der Waals surface area contributed by atoms with Gasteiger partial charge >= 0.3 is 41.0 Å². The summed E-state index contributed by atoms with van der Waals surface area (Å²) in [6.07, 6.45) is 4.03. The van der Waals surface area contributed by atoms with Gasteiger partial charge in [0.25, 0.3) is 0 Å². The molecule has 0 aromatic rings. The van der Waals surface area contributed by atoms with E-state index in [1.165, 1.54) is 0 Å². The van der Waals surface area contributed by atoms with Crippen molar-refractivity contribution in [3.8, 4) is 0 Å². The molecule has 34 valence electrons. The number of hydrogen-bond donors (Lipinski definition) is 1. The average Bonchev–Trinajstić information content (AvgIpc) is 1.86. The van der Waals surface area contributed by atoms with E-state index < -0.39 is 14.1 Å². The van der Waals surface area contributed by atoms with Crippen molar-refractivity contribution in [1.29, 1.82) is 0 Å². The van der Waals surface area contributed by atoms with E-state index in [4.69, 9.17) is 4.75 Å². The van der Waals surface area contributed by atoms with Crippen molar-refractivity contribution in [3.63, 3.8) is 0 Å². The molecule has 1 heterocycles. The van der Waals surface area contributed by atoms with Crippen molar-refractivity contribution >= 4 is 14.1 Å². The van der Waals surface area contributed by atoms with Gasteiger partial charge in [0.05, 0.1) is 0 Å². The van der Waals surface area contributed by atoms with Crippen molar-refractivity contribution < 1.29 is 0 Å². The van der Waals surface area contributed by atoms with Crippen LogP contribution in [-0.2, 0) is 0 Å². The van der Waals surface area contributed by atoms with Gasteiger partial charge in [0.15, 0.2) is 0 Å². The first-order chi connectivity index (χ1) is 2.89. The van der Waals surface area contributed by atoms with E-state index in [0.717, 1.165) is 0 Å². The Hall–Kier alpha value is -0.0405. The molecule has 0 unspecified atom stereocenters. The third-order valence-electron chi connectivity index (χ3n) is 0.628. The molecule has 1 nitrogen and oxygen atoms in total. The monoisotopic (exact) mass is 149 g/mol. The zero-order chi connectivity index (χ0) is 4.41. The van der Waals surface area contributed by atoms with Crippen molar-refractivity contribution in [2.75, 3.05) is 0 Å². The predicted molar refractivity (Wildman–Crippen MR) is 29.6 cm³/mol. The van der Waals surface area contributed by atoms with Gasteiger partial charge in [-0.05, 0) is 0 Å². The fourth-order valence-electron chi connectivity index (χ4n) is 0.348. The quantitative estimate of drug-likeness (QED) is 0.476. The number of rotatable bonds is 0. The summed E-state index contributed by atoms with van der Waals surface area (Å²) in [5.74, 6) is 0. The third kappa shape index (κ3) is 0.716. The Morgan fingerprint density at radius 3 is 1.83 bits per heavy atom. The van der Waals surface area contributed by atoms with Crippen LogP contribution in [-0.4, -0.2) is 14.1 Å². The van der Waals surface area contributed by atoms with Gasteiger partial charge in [-0.1, -0.05) is 0 Å². The van der Waals surface area contributed by atoms with Gasteiger partial charge in [-0.25, -0.2) is 0 Å². The van der Waals surface area contributed by atoms with Crippen LogP contribution in [0.2, 0.25) is 0 Å². The molecule has 0 fully saturated rings. The SMILES string of the molecule is N[SeH]1C=CC=C1. The molecular formula is C4H7NSe. The second kappa shape index (κ2) is 1.61. The third-order valence-corrected chi connectivity index (χ3v) is 2.79. The van der Waals surface area contributed by atoms with E-state index in [1.807, 2.05) is 12.2 Å². The molecule has 2 N–H and O–H groups in total. The first-order valence-corrected chi connectivity index (χ1v) is 5.02. The summed E-state index contributed by atoms with van der Waals surface area (Å²) >= 11 is -0.965. The van der Waals surface area contributed by atoms with Crippen LogP contribution in [0.25, 0.3) is 0 Å². The fraction of sp³-hybridized carbons (Fsp3) is 0. The van der Waals surface area contributed by atoms with Crippen LogP contribution in [0, 0.1) is 0 Å². The molecule has 0 bridgehead atoms. The maximum absolute atomic E-state index is 5.51. The number of allylic oxidation sites excluding steroid dienone is 2. The summed E-state index contributed by atoms with van der Waals surface area (Å²) in [6, 6.07) is 0. The van der Waals surface area contributed by atoms with Gasteiger partial charge in [0.2, 0.25) is 0 Å². The Morgan fingerprint density at radius 1 is 1.17 bits per heavy atom. The molecule has 1 aliphatic heterocycles. The topological polar surface area (TPSA) is 26.0 Å². The van der Waals surface area contributed by atoms with Crippen LogP contribution in [0.1, 0.15) is 0 Å². The molecule has 0 atom stereocenters. The van der Waals surface area contributed by atoms with Gasteiger partial charge in [0, 0.05) is 0 Å². The summed E-state index contributed by atoms with van der Waals surface area (Å²) in [7, 11) is 0. The van der Waals surface area contributed by atoms with E-state index >= 15 is 0 Å². The van der Waals surface area contributed by atoms with Gasteiger partial charge in [0.1, 0.15) is 0 Å². The molecular weight excluding hydrogens is 141 g/mol. The van der Waals surface area contributed by atoms with Crippen LogP contribution in [0.15, 0.2) is 22.1 Å². The van der Waals surface area contributed by atoms with Gasteiger partial charge in [-0.3, -0.25) is 0 Å². The van der Waals surface area contributed by atoms with E-state index in [-0.39, 0.29) is 0 Å². The van der Waals surface area contributed by atoms with Crippen LogP contribution >= 0.6 is 0 Å². The Balaban J connectivity index is 2.60. The fourth-order valence-corrected chi connectivity index (χ4v) is 1.81. The van der Waals surface area contributed by atoms with E-state index in [1.54, 1.807) is 0 Å². The minimum atomic E-state index is -0.965. The van der Waals surface area contributed by atoms with Crippen molar-refractivity contribution in [2.24, 2.45) is 4.75 Å². The molecule has 0 aromatic heterocycles. The first kappa shape index (κ1) is 4.13. The predicted octanol–water partition coefficient (Wildman–Crippen LogP) is -0.127. The average molecular weight is 148 g/mol. The molecule has 2 heteroatoms. The number of nitrogens with two attached hydrogens (primary N) is 1. The summed E-state index contributed by atoms with van der Waals surface area (Å²) in [4.78, 5) is 4.18. The molecule has 0 aromatic carbocycles. The summed E-state index contributed by atoms with van der Waals surface area (Å²) in [5, 5.41) is 0. The standard InChI is InChI=1S/C4H7NSe/c5-6-3-1-2-4-6/h1-4,6H,5H2. The zero-order valence-electron chi connectivity index (χ0n) is 3.33. The van der Waals surface area contributed by atoms with Crippen molar-refractivity contribution in [3.05, 3.63) is 22.1 Å². The van der Waals surface area contributed by atoms with E-state index in [0.29, 0.717) is 0 Å². The Kier molecular flexibility index (Phi) is 1.10. The van der Waals surface area contributed by atoms with Crippen molar-refractivity contribution in [1.82, 2.24) is 0 Å². The van der Waals surface area contributed by atoms with Gasteiger partial charge in [-0.2, -0.15) is 0 Å². The molecule has 0 spiro atoms. The van der Waals surface area contributed by atoms with Crippen LogP contribution in [0.4, 0.5) is 0 Å². The molecule has 0 saturated carbocycles. The molecule has 6 heavy (non-hydrogen) atoms. The maximum atomic E-state index is 5.51. The summed E-state index contributed by atoms with van der Waals surface area (Å²) < 4.78 is 5.51. The molecule has 0 saturated heterocycles. The van der Waals surface area contributed by atoms with Gasteiger partial charge < -0.3 is 0 Å². The first-order valence-electron chi connectivity index (χ1n) is 1.77. The second-order valence-corrected chi connectivity index (χ2v) is 4.26. The van der Waals surface area contributed by atoms with E-state index in [9.17, 15) is 0 Å². The second-order valence-electron chi connectivity index (χ2n) is 1.13. The minimum absolute atomic E-state index is 0.965. The van der Waals surface area contributed by atoms with Crippen LogP contribution < -0.4 is 4.75 Å². The molecule has 0 radical (unpaired) electrons. The number of hydrogen-bond acceptors (Lipinski definition) is 1. The van der Waals surface area contributed by atoms with Crippen molar-refractivity contribution in [2.45, 2.75) is 0 Å². The summed E-state index contributed by atoms with van der Waals surface area (Å²) in [6.45, 7) is 0. The Labute approximate surface area is 41.6 Å². The zero-order valence-corrected chi connectivity index (χ0v) is 5.21. The molecule has 1 aliphatic rings. The molecule has 1 rings (SSSR count). The normalized spacial score (nSPS) is 23.2. The summed E-state index contributed by atoms with van der Waals surface area (Å²) in [5.41, 5.74) is 0. The van der Waals surface area contributed by atoms with Crippen LogP contribution in [0.3, 0.4) is 0 Å². The Morgan fingerprint density at radius 2 is 1.67 bits per heavy atom. The van der Waals surface area contributed by atoms with E-state index in [2.05, 4.69) is 9.95 Å². The Bertz CT molecular complexity index is 83.7. The van der Waals surface area contributed by atoms with Gasteiger partial charge in [-0.15, -0.1) is 0 Å². The molecule has 0 aliphatic carbocycles. The van der Waals surface area contributed by atoms with Crippen LogP contribution in [0.5, 0.6) is 0 Å². The molecule has 0 amide bonds.